The number of aromatic nitrogens is 1. The highest BCUT2D eigenvalue weighted by Crippen LogP contribution is 2.32. The Balaban J connectivity index is 2.11. The maximum Gasteiger partial charge on any atom is 0.227 e. The van der Waals surface area contributed by atoms with Gasteiger partial charge in [-0.1, -0.05) is 25.5 Å². The molecule has 1 aromatic carbocycles. The Morgan fingerprint density at radius 3 is 3.00 bits per heavy atom. The summed E-state index contributed by atoms with van der Waals surface area (Å²) in [5.41, 5.74) is 7.11. The molecule has 0 unspecified atom stereocenters. The van der Waals surface area contributed by atoms with Crippen molar-refractivity contribution >= 4 is 22.4 Å². The molecule has 1 heterocycles. The van der Waals surface area contributed by atoms with Gasteiger partial charge in [-0.15, -0.1) is 11.3 Å². The second-order valence-corrected chi connectivity index (χ2v) is 5.68. The van der Waals surface area contributed by atoms with Crippen LogP contribution in [0.2, 0.25) is 0 Å². The van der Waals surface area contributed by atoms with Crippen molar-refractivity contribution in [2.75, 3.05) is 18.5 Å². The van der Waals surface area contributed by atoms with Crippen molar-refractivity contribution < 1.29 is 9.53 Å². The Bertz CT molecular complexity index is 613. The van der Waals surface area contributed by atoms with Crippen LogP contribution in [0.5, 0.6) is 5.75 Å². The number of amides is 1. The maximum atomic E-state index is 11.6. The van der Waals surface area contributed by atoms with Gasteiger partial charge in [0.1, 0.15) is 5.75 Å². The number of nitrogens with one attached hydrogen (secondary N) is 1. The topological polar surface area (TPSA) is 77.2 Å². The molecule has 2 rings (SSSR count). The van der Waals surface area contributed by atoms with Gasteiger partial charge in [0.25, 0.3) is 0 Å². The number of nitrogens with zero attached hydrogens (tertiary/aromatic N) is 1. The number of nitrogens with two attached hydrogens (primary N) is 1. The maximum absolute atomic E-state index is 11.6. The largest absolute Gasteiger partial charge is 0.493 e. The molecule has 0 aliphatic heterocycles. The van der Waals surface area contributed by atoms with Crippen LogP contribution in [0.1, 0.15) is 26.2 Å². The molecule has 118 valence electrons. The number of thiazole rings is 1. The first-order valence-corrected chi connectivity index (χ1v) is 8.30. The average Bonchev–Trinajstić information content (AvgIpc) is 2.96. The van der Waals surface area contributed by atoms with Crippen molar-refractivity contribution in [1.29, 1.82) is 0 Å². The molecule has 0 aliphatic rings. The van der Waals surface area contributed by atoms with Crippen molar-refractivity contribution in [2.24, 2.45) is 5.73 Å². The third-order valence-corrected chi connectivity index (χ3v) is 3.80. The summed E-state index contributed by atoms with van der Waals surface area (Å²) in [4.78, 5) is 16.0. The summed E-state index contributed by atoms with van der Waals surface area (Å²) in [5, 5.41) is 5.25. The first kappa shape index (κ1) is 16.5. The Morgan fingerprint density at radius 1 is 1.41 bits per heavy atom. The summed E-state index contributed by atoms with van der Waals surface area (Å²) < 4.78 is 5.82. The number of carbonyl (C=O) groups is 1. The van der Waals surface area contributed by atoms with E-state index in [1.807, 2.05) is 29.6 Å². The highest BCUT2D eigenvalue weighted by atomic mass is 32.1. The van der Waals surface area contributed by atoms with Crippen molar-refractivity contribution in [1.82, 2.24) is 4.98 Å². The summed E-state index contributed by atoms with van der Waals surface area (Å²) >= 11 is 1.40. The van der Waals surface area contributed by atoms with E-state index in [2.05, 4.69) is 17.2 Å². The lowest BCUT2D eigenvalue weighted by molar-refractivity contribution is -0.116. The van der Waals surface area contributed by atoms with Crippen LogP contribution in [0.25, 0.3) is 11.3 Å². The molecule has 0 bridgehead atoms. The normalized spacial score (nSPS) is 10.5. The number of benzene rings is 1. The SMILES string of the molecule is CCCCOc1ccccc1-c1csc(NC(=O)CCN)n1. The minimum absolute atomic E-state index is 0.115. The van der Waals surface area contributed by atoms with E-state index in [0.717, 1.165) is 29.8 Å². The van der Waals surface area contributed by atoms with Crippen molar-refractivity contribution in [3.05, 3.63) is 29.6 Å². The molecule has 1 aromatic heterocycles. The number of hydrogen-bond donors (Lipinski definition) is 2. The van der Waals surface area contributed by atoms with E-state index >= 15 is 0 Å². The van der Waals surface area contributed by atoms with Crippen molar-refractivity contribution in [3.8, 4) is 17.0 Å². The van der Waals surface area contributed by atoms with Gasteiger partial charge in [0, 0.05) is 23.9 Å². The number of para-hydroxylation sites is 1. The fourth-order valence-corrected chi connectivity index (χ4v) is 2.63. The minimum Gasteiger partial charge on any atom is -0.493 e. The summed E-state index contributed by atoms with van der Waals surface area (Å²) in [6.07, 6.45) is 2.41. The molecule has 5 nitrogen and oxygen atoms in total. The summed E-state index contributed by atoms with van der Waals surface area (Å²) in [5.74, 6) is 0.706. The second kappa shape index (κ2) is 8.51. The fraction of sp³-hybridized carbons (Fsp3) is 0.375. The molecule has 0 spiro atoms. The van der Waals surface area contributed by atoms with E-state index in [-0.39, 0.29) is 5.91 Å². The van der Waals surface area contributed by atoms with E-state index in [0.29, 0.717) is 24.7 Å². The minimum atomic E-state index is -0.115. The Kier molecular flexibility index (Phi) is 6.36. The van der Waals surface area contributed by atoms with Crippen LogP contribution in [0.4, 0.5) is 5.13 Å². The molecule has 22 heavy (non-hydrogen) atoms. The van der Waals surface area contributed by atoms with Gasteiger partial charge >= 0.3 is 0 Å². The molecule has 0 aliphatic carbocycles. The van der Waals surface area contributed by atoms with Crippen LogP contribution >= 0.6 is 11.3 Å². The number of rotatable bonds is 8. The quantitative estimate of drug-likeness (QED) is 0.732. The van der Waals surface area contributed by atoms with Gasteiger partial charge in [0.05, 0.1) is 12.3 Å². The van der Waals surface area contributed by atoms with Gasteiger partial charge in [0.2, 0.25) is 5.91 Å². The lowest BCUT2D eigenvalue weighted by Gasteiger charge is -2.09. The molecule has 6 heteroatoms. The van der Waals surface area contributed by atoms with Crippen LogP contribution in [0.3, 0.4) is 0 Å². The van der Waals surface area contributed by atoms with E-state index in [1.54, 1.807) is 0 Å². The standard InChI is InChI=1S/C16H21N3O2S/c1-2-3-10-21-14-7-5-4-6-12(14)13-11-22-16(18-13)19-15(20)8-9-17/h4-7,11H,2-3,8-10,17H2,1H3,(H,18,19,20). The molecule has 2 aromatic rings. The zero-order chi connectivity index (χ0) is 15.8. The van der Waals surface area contributed by atoms with Gasteiger partial charge in [0.15, 0.2) is 5.13 Å². The predicted molar refractivity (Wildman–Crippen MR) is 90.3 cm³/mol. The van der Waals surface area contributed by atoms with Gasteiger partial charge in [-0.2, -0.15) is 0 Å². The zero-order valence-corrected chi connectivity index (χ0v) is 13.5. The van der Waals surface area contributed by atoms with Crippen LogP contribution in [0, 0.1) is 0 Å². The second-order valence-electron chi connectivity index (χ2n) is 4.82. The van der Waals surface area contributed by atoms with Gasteiger partial charge in [-0.25, -0.2) is 4.98 Å². The van der Waals surface area contributed by atoms with E-state index in [4.69, 9.17) is 10.5 Å². The fourth-order valence-electron chi connectivity index (χ4n) is 1.90. The third-order valence-electron chi connectivity index (χ3n) is 3.04. The van der Waals surface area contributed by atoms with Crippen molar-refractivity contribution in [2.45, 2.75) is 26.2 Å². The van der Waals surface area contributed by atoms with Crippen LogP contribution in [-0.4, -0.2) is 24.0 Å². The van der Waals surface area contributed by atoms with Crippen LogP contribution in [0.15, 0.2) is 29.6 Å². The Labute approximate surface area is 134 Å². The van der Waals surface area contributed by atoms with E-state index < -0.39 is 0 Å². The highest BCUT2D eigenvalue weighted by Gasteiger charge is 2.11. The monoisotopic (exact) mass is 319 g/mol. The average molecular weight is 319 g/mol. The zero-order valence-electron chi connectivity index (χ0n) is 12.7. The first-order valence-electron chi connectivity index (χ1n) is 7.42. The van der Waals surface area contributed by atoms with Gasteiger partial charge < -0.3 is 15.8 Å². The summed E-state index contributed by atoms with van der Waals surface area (Å²) in [6.45, 7) is 3.15. The molecule has 3 N–H and O–H groups in total. The van der Waals surface area contributed by atoms with Gasteiger partial charge in [-0.3, -0.25) is 4.79 Å². The first-order chi connectivity index (χ1) is 10.7. The van der Waals surface area contributed by atoms with Crippen molar-refractivity contribution in [3.63, 3.8) is 0 Å². The molecule has 0 saturated carbocycles. The Hall–Kier alpha value is -1.92. The predicted octanol–water partition coefficient (Wildman–Crippen LogP) is 3.28. The molecule has 0 saturated heterocycles. The Morgan fingerprint density at radius 2 is 2.23 bits per heavy atom. The van der Waals surface area contributed by atoms with Crippen LogP contribution < -0.4 is 15.8 Å². The molecular formula is C16H21N3O2S. The molecule has 0 radical (unpaired) electrons. The van der Waals surface area contributed by atoms with E-state index in [9.17, 15) is 4.79 Å². The highest BCUT2D eigenvalue weighted by molar-refractivity contribution is 7.14. The lowest BCUT2D eigenvalue weighted by Crippen LogP contribution is -2.15. The summed E-state index contributed by atoms with van der Waals surface area (Å²) in [6, 6.07) is 7.81. The number of anilines is 1. The smallest absolute Gasteiger partial charge is 0.227 e. The molecular weight excluding hydrogens is 298 g/mol. The molecule has 0 atom stereocenters. The van der Waals surface area contributed by atoms with Crippen LogP contribution in [-0.2, 0) is 4.79 Å². The number of hydrogen-bond acceptors (Lipinski definition) is 5. The number of unbranched alkanes of at least 4 members (excludes halogenated alkanes) is 1. The molecule has 0 fully saturated rings. The third kappa shape index (κ3) is 4.54. The van der Waals surface area contributed by atoms with Gasteiger partial charge in [-0.05, 0) is 18.6 Å². The lowest BCUT2D eigenvalue weighted by atomic mass is 10.1. The van der Waals surface area contributed by atoms with E-state index in [1.165, 1.54) is 11.3 Å². The molecule has 1 amide bonds. The number of carbonyl (C=O) groups excluding carboxylic acids is 1. The summed E-state index contributed by atoms with van der Waals surface area (Å²) in [7, 11) is 0. The number of ether oxygens (including phenoxy) is 1.